The van der Waals surface area contributed by atoms with Crippen LogP contribution in [0.15, 0.2) is 51.3 Å². The number of aliphatic carboxylic acids is 1. The van der Waals surface area contributed by atoms with Crippen LogP contribution in [-0.4, -0.2) is 85.1 Å². The number of rotatable bonds is 9. The molecule has 0 spiro atoms. The van der Waals surface area contributed by atoms with Crippen LogP contribution in [0.5, 0.6) is 0 Å². The summed E-state index contributed by atoms with van der Waals surface area (Å²) in [5.41, 5.74) is 4.68. The minimum Gasteiger partial charge on any atom is -0.549 e. The fourth-order valence-electron chi connectivity index (χ4n) is 4.05. The molecule has 2 amide bonds. The van der Waals surface area contributed by atoms with Crippen LogP contribution in [0.25, 0.3) is 11.5 Å². The van der Waals surface area contributed by atoms with Crippen LogP contribution in [0.2, 0.25) is 5.02 Å². The molecule has 3 N–H and O–H groups in total. The molecule has 4 heterocycles. The number of nitrogens with two attached hydrogens (primary N) is 1. The number of halogens is 1. The molecule has 0 saturated carbocycles. The molecule has 2 fully saturated rings. The topological polar surface area (TPSA) is 202 Å². The molecule has 2 saturated heterocycles. The van der Waals surface area contributed by atoms with E-state index in [1.807, 2.05) is 0 Å². The average Bonchev–Trinajstić information content (AvgIpc) is 3.42. The van der Waals surface area contributed by atoms with E-state index in [0.29, 0.717) is 10.6 Å². The molecule has 3 atom stereocenters. The van der Waals surface area contributed by atoms with Gasteiger partial charge in [0.25, 0.3) is 11.1 Å². The molecule has 0 radical (unpaired) electrons. The first-order valence-electron chi connectivity index (χ1n) is 11.6. The van der Waals surface area contributed by atoms with Gasteiger partial charge in [0.1, 0.15) is 24.3 Å². The van der Waals surface area contributed by atoms with Crippen LogP contribution in [0.1, 0.15) is 5.82 Å². The van der Waals surface area contributed by atoms with Gasteiger partial charge in [-0.3, -0.25) is 9.59 Å². The number of amides is 2. The van der Waals surface area contributed by atoms with Gasteiger partial charge in [-0.2, -0.15) is 0 Å². The van der Waals surface area contributed by atoms with Gasteiger partial charge in [-0.05, 0) is 30.3 Å². The number of carboxylic acid groups (broad SMARTS) is 1. The minimum atomic E-state index is -1.39. The van der Waals surface area contributed by atoms with Crippen LogP contribution in [0.4, 0.5) is 5.82 Å². The Morgan fingerprint density at radius 3 is 2.78 bits per heavy atom. The molecule has 18 heteroatoms. The molecule has 2 unspecified atom stereocenters. The first-order valence-corrected chi connectivity index (χ1v) is 14.0. The number of carbonyl (C=O) groups is 3. The molecule has 2 aliphatic rings. The third-order valence-corrected chi connectivity index (χ3v) is 9.07. The number of β-lactam (4-membered cyclic amide) rings is 1. The Labute approximate surface area is 268 Å². The summed E-state index contributed by atoms with van der Waals surface area (Å²) in [5.74, 6) is -2.05. The van der Waals surface area contributed by atoms with E-state index in [9.17, 15) is 19.5 Å². The van der Waals surface area contributed by atoms with Crippen LogP contribution in [0.3, 0.4) is 0 Å². The smallest absolute Gasteiger partial charge is 0.549 e. The second-order valence-electron chi connectivity index (χ2n) is 8.78. The SMILES string of the molecule is CON=C(C(=O)NC1C(=O)N2CC(CSc3nnc(-c4ccc(Cl)cc4)o3)(C(=O)[O-])CS[C@H]12)c1nccc(N)n1.[Na+]. The van der Waals surface area contributed by atoms with Gasteiger partial charge in [0.15, 0.2) is 5.82 Å². The fraction of sp³-hybridized carbons (Fsp3) is 0.304. The van der Waals surface area contributed by atoms with Gasteiger partial charge in [-0.15, -0.1) is 22.0 Å². The zero-order chi connectivity index (χ0) is 28.4. The van der Waals surface area contributed by atoms with E-state index in [1.165, 1.54) is 36.0 Å². The Balaban J connectivity index is 0.00000387. The maximum atomic E-state index is 13.0. The van der Waals surface area contributed by atoms with Gasteiger partial charge in [0, 0.05) is 40.2 Å². The fourth-order valence-corrected chi connectivity index (χ4v) is 6.78. The van der Waals surface area contributed by atoms with Gasteiger partial charge < -0.3 is 35.1 Å². The van der Waals surface area contributed by atoms with Gasteiger partial charge in [0.05, 0.1) is 5.97 Å². The van der Waals surface area contributed by atoms with E-state index in [-0.39, 0.29) is 76.1 Å². The summed E-state index contributed by atoms with van der Waals surface area (Å²) in [7, 11) is 1.25. The summed E-state index contributed by atoms with van der Waals surface area (Å²) >= 11 is 8.19. The molecule has 1 aromatic carbocycles. The number of nitrogen functional groups attached to an aromatic ring is 1. The zero-order valence-corrected chi connectivity index (χ0v) is 26.0. The number of thioether (sulfide) groups is 2. The molecule has 41 heavy (non-hydrogen) atoms. The summed E-state index contributed by atoms with van der Waals surface area (Å²) in [4.78, 5) is 52.3. The quantitative estimate of drug-likeness (QED) is 0.0803. The van der Waals surface area contributed by atoms with Crippen LogP contribution >= 0.6 is 35.1 Å². The number of carbonyl (C=O) groups excluding carboxylic acids is 3. The summed E-state index contributed by atoms with van der Waals surface area (Å²) in [6.45, 7) is -0.110. The summed E-state index contributed by atoms with van der Waals surface area (Å²) < 4.78 is 5.67. The Bertz CT molecular complexity index is 1490. The largest absolute Gasteiger partial charge is 1.00 e. The Morgan fingerprint density at radius 2 is 2.10 bits per heavy atom. The summed E-state index contributed by atoms with van der Waals surface area (Å²) in [6.07, 6.45) is 1.35. The molecule has 14 nitrogen and oxygen atoms in total. The number of benzene rings is 1. The number of nitrogens with zero attached hydrogens (tertiary/aromatic N) is 6. The van der Waals surface area contributed by atoms with E-state index >= 15 is 0 Å². The molecule has 208 valence electrons. The zero-order valence-electron chi connectivity index (χ0n) is 21.6. The molecule has 2 aliphatic heterocycles. The first kappa shape index (κ1) is 31.1. The van der Waals surface area contributed by atoms with E-state index in [0.717, 1.165) is 11.8 Å². The normalized spacial score (nSPS) is 21.8. The Morgan fingerprint density at radius 1 is 1.34 bits per heavy atom. The number of anilines is 1. The second kappa shape index (κ2) is 13.0. The number of hydrogen-bond acceptors (Lipinski definition) is 14. The van der Waals surface area contributed by atoms with Crippen molar-refractivity contribution in [3.8, 4) is 11.5 Å². The summed E-state index contributed by atoms with van der Waals surface area (Å²) in [5, 5.41) is 26.8. The standard InChI is InChI=1S/C23H21ClN8O6S2.Na/c1-37-31-14(16-26-7-6-13(25)27-16)17(33)28-15-19(34)32-8-23(21(35)36,9-39-20(15)32)10-40-22-30-29-18(38-22)11-2-4-12(24)5-3-11;/h2-7,15,20H,8-10H2,1H3,(H,28,33)(H,35,36)(H2,25,26,27);/q;+1/p-1/t15?,20-,23?;/m1./s1. The van der Waals surface area contributed by atoms with Crippen molar-refractivity contribution in [3.63, 3.8) is 0 Å². The van der Waals surface area contributed by atoms with E-state index in [2.05, 4.69) is 30.6 Å². The molecule has 3 aromatic rings. The number of fused-ring (bicyclic) bond motifs is 1. The average molecular weight is 627 g/mol. The number of aromatic nitrogens is 4. The van der Waals surface area contributed by atoms with Crippen molar-refractivity contribution in [2.24, 2.45) is 10.6 Å². The number of nitrogens with one attached hydrogen (secondary N) is 1. The first-order chi connectivity index (χ1) is 19.2. The van der Waals surface area contributed by atoms with Crippen LogP contribution in [-0.2, 0) is 19.2 Å². The van der Waals surface area contributed by atoms with Crippen molar-refractivity contribution in [3.05, 3.63) is 47.4 Å². The molecule has 0 bridgehead atoms. The number of hydrogen-bond donors (Lipinski definition) is 2. The second-order valence-corrected chi connectivity index (χ2v) is 11.3. The molecule has 2 aromatic heterocycles. The third kappa shape index (κ3) is 6.47. The van der Waals surface area contributed by atoms with E-state index in [1.54, 1.807) is 24.3 Å². The third-order valence-electron chi connectivity index (χ3n) is 6.12. The van der Waals surface area contributed by atoms with Crippen molar-refractivity contribution in [1.82, 2.24) is 30.4 Å². The molecule has 0 aliphatic carbocycles. The van der Waals surface area contributed by atoms with Gasteiger partial charge >= 0.3 is 29.6 Å². The van der Waals surface area contributed by atoms with Crippen LogP contribution in [0, 0.1) is 5.41 Å². The van der Waals surface area contributed by atoms with Crippen molar-refractivity contribution >= 4 is 64.4 Å². The van der Waals surface area contributed by atoms with E-state index in [4.69, 9.17) is 26.6 Å². The molecule has 5 rings (SSSR count). The van der Waals surface area contributed by atoms with Gasteiger partial charge in [-0.1, -0.05) is 28.5 Å². The van der Waals surface area contributed by atoms with Crippen molar-refractivity contribution in [2.45, 2.75) is 16.6 Å². The minimum absolute atomic E-state index is 0. The number of oxime groups is 1. The maximum Gasteiger partial charge on any atom is 1.00 e. The van der Waals surface area contributed by atoms with Gasteiger partial charge in [-0.25, -0.2) is 9.97 Å². The van der Waals surface area contributed by atoms with Crippen molar-refractivity contribution in [1.29, 1.82) is 0 Å². The summed E-state index contributed by atoms with van der Waals surface area (Å²) in [6, 6.07) is 7.35. The predicted molar refractivity (Wildman–Crippen MR) is 143 cm³/mol. The van der Waals surface area contributed by atoms with Gasteiger partial charge in [0.2, 0.25) is 17.5 Å². The monoisotopic (exact) mass is 626 g/mol. The van der Waals surface area contributed by atoms with Crippen LogP contribution < -0.4 is 45.7 Å². The predicted octanol–water partition coefficient (Wildman–Crippen LogP) is -2.95. The van der Waals surface area contributed by atoms with Crippen molar-refractivity contribution < 1.29 is 58.3 Å². The molecular formula is C23H20ClN8NaO6S2. The molecular weight excluding hydrogens is 607 g/mol. The van der Waals surface area contributed by atoms with E-state index < -0.39 is 34.6 Å². The maximum absolute atomic E-state index is 13.0. The number of carboxylic acids is 1. The Hall–Kier alpha value is -2.89. The van der Waals surface area contributed by atoms with Crippen molar-refractivity contribution in [2.75, 3.05) is 30.9 Å². The Kier molecular flexibility index (Phi) is 9.81.